The molecule has 2 rings (SSSR count). The van der Waals surface area contributed by atoms with Crippen LogP contribution in [0.15, 0.2) is 24.3 Å². The Kier molecular flexibility index (Phi) is 4.80. The van der Waals surface area contributed by atoms with Gasteiger partial charge < -0.3 is 15.4 Å². The summed E-state index contributed by atoms with van der Waals surface area (Å²) in [5.41, 5.74) is 2.32. The van der Waals surface area contributed by atoms with Crippen LogP contribution >= 0.6 is 0 Å². The molecule has 2 N–H and O–H groups in total. The molecule has 4 nitrogen and oxygen atoms in total. The predicted octanol–water partition coefficient (Wildman–Crippen LogP) is 2.36. The van der Waals surface area contributed by atoms with E-state index < -0.39 is 0 Å². The standard InChI is InChI=1S/C15H22N2O2/c1-11-5-7-13(8-6-11)10-16-15(18)17-12(2)14-4-3-9-19-14/h5-8,12,14H,3-4,9-10H2,1-2H3,(H2,16,17,18)/t12-,14+/m1/s1. The number of rotatable bonds is 4. The molecule has 0 radical (unpaired) electrons. The molecule has 0 aliphatic carbocycles. The topological polar surface area (TPSA) is 50.4 Å². The van der Waals surface area contributed by atoms with Crippen molar-refractivity contribution >= 4 is 6.03 Å². The quantitative estimate of drug-likeness (QED) is 0.875. The zero-order chi connectivity index (χ0) is 13.7. The highest BCUT2D eigenvalue weighted by molar-refractivity contribution is 5.74. The molecule has 1 heterocycles. The second-order valence-electron chi connectivity index (χ2n) is 5.15. The van der Waals surface area contributed by atoms with E-state index in [2.05, 4.69) is 10.6 Å². The maximum atomic E-state index is 11.8. The minimum atomic E-state index is -0.136. The summed E-state index contributed by atoms with van der Waals surface area (Å²) in [6.45, 7) is 5.39. The smallest absolute Gasteiger partial charge is 0.315 e. The van der Waals surface area contributed by atoms with Crippen molar-refractivity contribution in [3.8, 4) is 0 Å². The maximum Gasteiger partial charge on any atom is 0.315 e. The fraction of sp³-hybridized carbons (Fsp3) is 0.533. The molecule has 2 atom stereocenters. The van der Waals surface area contributed by atoms with Crippen LogP contribution in [0.5, 0.6) is 0 Å². The van der Waals surface area contributed by atoms with Gasteiger partial charge in [0.05, 0.1) is 12.1 Å². The Balaban J connectivity index is 1.73. The highest BCUT2D eigenvalue weighted by Gasteiger charge is 2.23. The van der Waals surface area contributed by atoms with E-state index in [9.17, 15) is 4.79 Å². The molecule has 19 heavy (non-hydrogen) atoms. The van der Waals surface area contributed by atoms with Gasteiger partial charge >= 0.3 is 6.03 Å². The fourth-order valence-corrected chi connectivity index (χ4v) is 2.24. The van der Waals surface area contributed by atoms with Crippen LogP contribution in [0.25, 0.3) is 0 Å². The van der Waals surface area contributed by atoms with E-state index in [-0.39, 0.29) is 18.2 Å². The first kappa shape index (κ1) is 13.9. The highest BCUT2D eigenvalue weighted by Crippen LogP contribution is 2.15. The average Bonchev–Trinajstić information content (AvgIpc) is 2.92. The Bertz CT molecular complexity index is 411. The molecule has 1 saturated heterocycles. The third kappa shape index (κ3) is 4.24. The Labute approximate surface area is 114 Å². The van der Waals surface area contributed by atoms with Crippen molar-refractivity contribution in [3.63, 3.8) is 0 Å². The Morgan fingerprint density at radius 1 is 1.42 bits per heavy atom. The first-order valence-corrected chi connectivity index (χ1v) is 6.86. The molecule has 0 saturated carbocycles. The minimum absolute atomic E-state index is 0.0560. The number of urea groups is 1. The largest absolute Gasteiger partial charge is 0.376 e. The van der Waals surface area contributed by atoms with E-state index in [1.165, 1.54) is 5.56 Å². The SMILES string of the molecule is Cc1ccc(CNC(=O)N[C@H](C)[C@@H]2CCCO2)cc1. The van der Waals surface area contributed by atoms with Gasteiger partial charge in [-0.25, -0.2) is 4.79 Å². The van der Waals surface area contributed by atoms with Crippen molar-refractivity contribution in [1.29, 1.82) is 0 Å². The second-order valence-corrected chi connectivity index (χ2v) is 5.15. The van der Waals surface area contributed by atoms with E-state index in [4.69, 9.17) is 4.74 Å². The molecular weight excluding hydrogens is 240 g/mol. The van der Waals surface area contributed by atoms with Crippen LogP contribution in [0.3, 0.4) is 0 Å². The molecular formula is C15H22N2O2. The number of amides is 2. The van der Waals surface area contributed by atoms with Gasteiger partial charge in [-0.2, -0.15) is 0 Å². The number of ether oxygens (including phenoxy) is 1. The number of carbonyl (C=O) groups is 1. The molecule has 0 bridgehead atoms. The van der Waals surface area contributed by atoms with E-state index in [0.29, 0.717) is 6.54 Å². The molecule has 4 heteroatoms. The third-order valence-electron chi connectivity index (χ3n) is 3.46. The van der Waals surface area contributed by atoms with Crippen LogP contribution in [0.2, 0.25) is 0 Å². The van der Waals surface area contributed by atoms with Crippen LogP contribution in [0.1, 0.15) is 30.9 Å². The summed E-state index contributed by atoms with van der Waals surface area (Å²) < 4.78 is 5.55. The van der Waals surface area contributed by atoms with Crippen molar-refractivity contribution in [2.24, 2.45) is 0 Å². The summed E-state index contributed by atoms with van der Waals surface area (Å²) in [6.07, 6.45) is 2.27. The zero-order valence-electron chi connectivity index (χ0n) is 11.6. The Morgan fingerprint density at radius 3 is 2.79 bits per heavy atom. The molecule has 1 aliphatic heterocycles. The first-order chi connectivity index (χ1) is 9.15. The van der Waals surface area contributed by atoms with Crippen molar-refractivity contribution in [2.45, 2.75) is 45.4 Å². The van der Waals surface area contributed by atoms with Crippen LogP contribution in [-0.2, 0) is 11.3 Å². The molecule has 1 aromatic rings. The van der Waals surface area contributed by atoms with Crippen molar-refractivity contribution < 1.29 is 9.53 Å². The van der Waals surface area contributed by atoms with Crippen molar-refractivity contribution in [2.75, 3.05) is 6.61 Å². The van der Waals surface area contributed by atoms with Gasteiger partial charge in [-0.15, -0.1) is 0 Å². The molecule has 0 aromatic heterocycles. The lowest BCUT2D eigenvalue weighted by Crippen LogP contribution is -2.45. The van der Waals surface area contributed by atoms with E-state index in [1.807, 2.05) is 38.1 Å². The molecule has 1 aromatic carbocycles. The van der Waals surface area contributed by atoms with Gasteiger partial charge in [0, 0.05) is 13.2 Å². The number of hydrogen-bond acceptors (Lipinski definition) is 2. The maximum absolute atomic E-state index is 11.8. The highest BCUT2D eigenvalue weighted by atomic mass is 16.5. The van der Waals surface area contributed by atoms with Gasteiger partial charge in [-0.1, -0.05) is 29.8 Å². The Morgan fingerprint density at radius 2 is 2.16 bits per heavy atom. The van der Waals surface area contributed by atoms with Crippen LogP contribution in [-0.4, -0.2) is 24.8 Å². The summed E-state index contributed by atoms with van der Waals surface area (Å²) in [7, 11) is 0. The number of carbonyl (C=O) groups excluding carboxylic acids is 1. The van der Waals surface area contributed by atoms with Gasteiger partial charge in [-0.05, 0) is 32.3 Å². The van der Waals surface area contributed by atoms with Crippen LogP contribution < -0.4 is 10.6 Å². The Hall–Kier alpha value is -1.55. The van der Waals surface area contributed by atoms with Gasteiger partial charge in [0.15, 0.2) is 0 Å². The summed E-state index contributed by atoms with van der Waals surface area (Å²) >= 11 is 0. The molecule has 0 unspecified atom stereocenters. The lowest BCUT2D eigenvalue weighted by molar-refractivity contribution is 0.0860. The summed E-state index contributed by atoms with van der Waals surface area (Å²) in [5, 5.41) is 5.80. The van der Waals surface area contributed by atoms with E-state index in [0.717, 1.165) is 25.0 Å². The van der Waals surface area contributed by atoms with Crippen LogP contribution in [0.4, 0.5) is 4.79 Å². The third-order valence-corrected chi connectivity index (χ3v) is 3.46. The minimum Gasteiger partial charge on any atom is -0.376 e. The van der Waals surface area contributed by atoms with Crippen molar-refractivity contribution in [3.05, 3.63) is 35.4 Å². The first-order valence-electron chi connectivity index (χ1n) is 6.86. The lowest BCUT2D eigenvalue weighted by Gasteiger charge is -2.20. The van der Waals surface area contributed by atoms with Crippen LogP contribution in [0, 0.1) is 6.92 Å². The number of aryl methyl sites for hydroxylation is 1. The monoisotopic (exact) mass is 262 g/mol. The number of hydrogen-bond donors (Lipinski definition) is 2. The van der Waals surface area contributed by atoms with E-state index in [1.54, 1.807) is 0 Å². The summed E-state index contributed by atoms with van der Waals surface area (Å²) in [4.78, 5) is 11.8. The fourth-order valence-electron chi connectivity index (χ4n) is 2.24. The number of nitrogens with one attached hydrogen (secondary N) is 2. The van der Waals surface area contributed by atoms with Gasteiger partial charge in [0.2, 0.25) is 0 Å². The molecule has 1 aliphatic rings. The van der Waals surface area contributed by atoms with Gasteiger partial charge in [-0.3, -0.25) is 0 Å². The van der Waals surface area contributed by atoms with Gasteiger partial charge in [0.25, 0.3) is 0 Å². The molecule has 1 fully saturated rings. The lowest BCUT2D eigenvalue weighted by atomic mass is 10.1. The predicted molar refractivity (Wildman–Crippen MR) is 75.0 cm³/mol. The normalized spacial score (nSPS) is 20.0. The molecule has 2 amide bonds. The number of benzene rings is 1. The van der Waals surface area contributed by atoms with Crippen molar-refractivity contribution in [1.82, 2.24) is 10.6 Å². The second kappa shape index (κ2) is 6.57. The summed E-state index contributed by atoms with van der Waals surface area (Å²) in [5.74, 6) is 0. The molecule has 104 valence electrons. The zero-order valence-corrected chi connectivity index (χ0v) is 11.6. The van der Waals surface area contributed by atoms with E-state index >= 15 is 0 Å². The van der Waals surface area contributed by atoms with Gasteiger partial charge in [0.1, 0.15) is 0 Å². The summed E-state index contributed by atoms with van der Waals surface area (Å²) in [6, 6.07) is 8.07. The average molecular weight is 262 g/mol. The molecule has 0 spiro atoms.